The van der Waals surface area contributed by atoms with Crippen LogP contribution in [0.3, 0.4) is 0 Å². The minimum absolute atomic E-state index is 0.0684. The zero-order valence-electron chi connectivity index (χ0n) is 33.1. The smallest absolute Gasteiger partial charge is 0.326 e. The molecular weight excluding hydrogens is 706 g/mol. The van der Waals surface area contributed by atoms with Crippen molar-refractivity contribution in [1.82, 2.24) is 26.2 Å². The Kier molecular flexibility index (Phi) is 22.3. The van der Waals surface area contributed by atoms with Gasteiger partial charge in [-0.1, -0.05) is 114 Å². The number of amides is 5. The molecule has 0 aromatic heterocycles. The summed E-state index contributed by atoms with van der Waals surface area (Å²) in [6.45, 7) is 5.31. The lowest BCUT2D eigenvalue weighted by molar-refractivity contribution is -0.144. The summed E-state index contributed by atoms with van der Waals surface area (Å²) >= 11 is 0. The fourth-order valence-corrected chi connectivity index (χ4v) is 6.76. The van der Waals surface area contributed by atoms with Gasteiger partial charge in [0.25, 0.3) is 0 Å². The molecule has 1 fully saturated rings. The van der Waals surface area contributed by atoms with Gasteiger partial charge < -0.3 is 36.4 Å². The van der Waals surface area contributed by atoms with Gasteiger partial charge in [-0.2, -0.15) is 0 Å². The second kappa shape index (κ2) is 26.3. The SMILES string of the molecule is CCCCCCCCCCCCCCCC(=O)N[C@@H](CCC(=O)O)C(=O)N[C@@H](C)C(=O)N[C@@H](C)C(=O)N1CCC[C@H]1C(=O)N[C@H](Cc1ccccc1)C(=O)O. The number of carbonyl (C=O) groups is 7. The van der Waals surface area contributed by atoms with Crippen LogP contribution in [0.4, 0.5) is 0 Å². The van der Waals surface area contributed by atoms with Crippen molar-refractivity contribution in [3.05, 3.63) is 35.9 Å². The Morgan fingerprint density at radius 1 is 0.691 bits per heavy atom. The standard InChI is InChI=1S/C41H65N5O9/c1-4-5-6-7-8-9-10-11-12-13-14-15-19-24-35(47)44-32(25-26-36(48)49)38(51)42-29(2)37(50)43-30(3)40(53)46-27-20-23-34(46)39(52)45-33(41(54)55)28-31-21-17-16-18-22-31/h16-18,21-22,29-30,32-34H,4-15,19-20,23-28H2,1-3H3,(H,42,51)(H,43,50)(H,44,47)(H,45,52)(H,48,49)(H,54,55)/t29-,30-,32-,33+,34-/m0/s1. The van der Waals surface area contributed by atoms with Gasteiger partial charge in [-0.3, -0.25) is 28.8 Å². The van der Waals surface area contributed by atoms with Crippen molar-refractivity contribution in [2.45, 2.75) is 173 Å². The molecule has 0 bridgehead atoms. The summed E-state index contributed by atoms with van der Waals surface area (Å²) in [4.78, 5) is 90.0. The van der Waals surface area contributed by atoms with Gasteiger partial charge in [-0.05, 0) is 45.1 Å². The zero-order valence-corrected chi connectivity index (χ0v) is 33.1. The van der Waals surface area contributed by atoms with E-state index in [2.05, 4.69) is 28.2 Å². The fraction of sp³-hybridized carbons (Fsp3) is 0.683. The van der Waals surface area contributed by atoms with Crippen LogP contribution in [0.15, 0.2) is 30.3 Å². The molecule has 1 heterocycles. The number of carboxylic acid groups (broad SMARTS) is 2. The van der Waals surface area contributed by atoms with Crippen molar-refractivity contribution in [3.63, 3.8) is 0 Å². The first kappa shape index (κ1) is 46.7. The third kappa shape index (κ3) is 18.6. The molecule has 1 saturated heterocycles. The quantitative estimate of drug-likeness (QED) is 0.0655. The topological polar surface area (TPSA) is 211 Å². The Labute approximate surface area is 326 Å². The van der Waals surface area contributed by atoms with Gasteiger partial charge in [-0.25, -0.2) is 4.79 Å². The third-order valence-electron chi connectivity index (χ3n) is 10.0. The number of hydrogen-bond donors (Lipinski definition) is 6. The van der Waals surface area contributed by atoms with Gasteiger partial charge in [0.15, 0.2) is 0 Å². The molecule has 2 rings (SSSR count). The molecule has 1 aromatic rings. The number of carboxylic acids is 2. The van der Waals surface area contributed by atoms with E-state index in [4.69, 9.17) is 0 Å². The Bertz CT molecular complexity index is 1370. The van der Waals surface area contributed by atoms with E-state index in [1.165, 1.54) is 76.5 Å². The molecule has 1 aliphatic rings. The van der Waals surface area contributed by atoms with Crippen molar-refractivity contribution in [2.24, 2.45) is 0 Å². The van der Waals surface area contributed by atoms with E-state index in [-0.39, 0.29) is 38.1 Å². The number of nitrogens with one attached hydrogen (secondary N) is 4. The minimum atomic E-state index is -1.20. The van der Waals surface area contributed by atoms with Crippen LogP contribution in [0, 0.1) is 0 Å². The van der Waals surface area contributed by atoms with Crippen LogP contribution in [0.5, 0.6) is 0 Å². The summed E-state index contributed by atoms with van der Waals surface area (Å²) in [5.74, 6) is -5.27. The second-order valence-corrected chi connectivity index (χ2v) is 14.8. The van der Waals surface area contributed by atoms with E-state index in [1.54, 1.807) is 30.3 Å². The number of benzene rings is 1. The first-order valence-electron chi connectivity index (χ1n) is 20.3. The number of nitrogens with zero attached hydrogens (tertiary/aromatic N) is 1. The number of unbranched alkanes of at least 4 members (excludes halogenated alkanes) is 12. The molecule has 14 nitrogen and oxygen atoms in total. The highest BCUT2D eigenvalue weighted by atomic mass is 16.4. The normalized spacial score (nSPS) is 16.0. The van der Waals surface area contributed by atoms with Gasteiger partial charge in [0.1, 0.15) is 30.2 Å². The minimum Gasteiger partial charge on any atom is -0.481 e. The van der Waals surface area contributed by atoms with Gasteiger partial charge in [-0.15, -0.1) is 0 Å². The van der Waals surface area contributed by atoms with Crippen LogP contribution < -0.4 is 21.3 Å². The number of aliphatic carboxylic acids is 2. The largest absolute Gasteiger partial charge is 0.481 e. The van der Waals surface area contributed by atoms with E-state index >= 15 is 0 Å². The molecule has 308 valence electrons. The summed E-state index contributed by atoms with van der Waals surface area (Å²) in [6, 6.07) is 3.36. The molecule has 1 aliphatic heterocycles. The molecule has 1 aromatic carbocycles. The molecular formula is C41H65N5O9. The fourth-order valence-electron chi connectivity index (χ4n) is 6.76. The van der Waals surface area contributed by atoms with E-state index in [0.717, 1.165) is 24.8 Å². The summed E-state index contributed by atoms with van der Waals surface area (Å²) in [5, 5.41) is 29.2. The Morgan fingerprint density at radius 3 is 1.82 bits per heavy atom. The zero-order chi connectivity index (χ0) is 40.6. The first-order chi connectivity index (χ1) is 26.3. The van der Waals surface area contributed by atoms with Crippen LogP contribution in [0.1, 0.15) is 142 Å². The Balaban J connectivity index is 1.81. The van der Waals surface area contributed by atoms with Crippen LogP contribution in [-0.4, -0.2) is 93.3 Å². The van der Waals surface area contributed by atoms with Crippen molar-refractivity contribution < 1.29 is 43.8 Å². The van der Waals surface area contributed by atoms with Crippen molar-refractivity contribution in [3.8, 4) is 0 Å². The monoisotopic (exact) mass is 771 g/mol. The Hall–Kier alpha value is -4.49. The molecule has 5 amide bonds. The molecule has 0 unspecified atom stereocenters. The maximum Gasteiger partial charge on any atom is 0.326 e. The lowest BCUT2D eigenvalue weighted by Crippen LogP contribution is -2.57. The molecule has 5 atom stereocenters. The van der Waals surface area contributed by atoms with Crippen LogP contribution >= 0.6 is 0 Å². The van der Waals surface area contributed by atoms with E-state index in [9.17, 15) is 43.8 Å². The van der Waals surface area contributed by atoms with E-state index < -0.39 is 65.8 Å². The Morgan fingerprint density at radius 2 is 1.25 bits per heavy atom. The average Bonchev–Trinajstić information content (AvgIpc) is 3.65. The predicted octanol–water partition coefficient (Wildman–Crippen LogP) is 4.63. The summed E-state index contributed by atoms with van der Waals surface area (Å²) < 4.78 is 0. The number of carbonyl (C=O) groups excluding carboxylic acids is 5. The van der Waals surface area contributed by atoms with Crippen molar-refractivity contribution >= 4 is 41.5 Å². The molecule has 0 saturated carbocycles. The summed E-state index contributed by atoms with van der Waals surface area (Å²) in [5.41, 5.74) is 0.729. The van der Waals surface area contributed by atoms with E-state index in [0.29, 0.717) is 19.3 Å². The van der Waals surface area contributed by atoms with E-state index in [1.807, 2.05) is 0 Å². The third-order valence-corrected chi connectivity index (χ3v) is 10.0. The summed E-state index contributed by atoms with van der Waals surface area (Å²) in [6.07, 6.45) is 15.7. The van der Waals surface area contributed by atoms with Crippen molar-refractivity contribution in [1.29, 1.82) is 0 Å². The van der Waals surface area contributed by atoms with Gasteiger partial charge in [0.2, 0.25) is 29.5 Å². The predicted molar refractivity (Wildman–Crippen MR) is 209 cm³/mol. The van der Waals surface area contributed by atoms with Crippen molar-refractivity contribution in [2.75, 3.05) is 6.54 Å². The number of rotatable bonds is 28. The second-order valence-electron chi connectivity index (χ2n) is 14.8. The lowest BCUT2D eigenvalue weighted by atomic mass is 10.0. The highest BCUT2D eigenvalue weighted by Crippen LogP contribution is 2.19. The molecule has 55 heavy (non-hydrogen) atoms. The first-order valence-corrected chi connectivity index (χ1v) is 20.3. The van der Waals surface area contributed by atoms with Crippen LogP contribution in [-0.2, 0) is 40.0 Å². The highest BCUT2D eigenvalue weighted by Gasteiger charge is 2.38. The summed E-state index contributed by atoms with van der Waals surface area (Å²) in [7, 11) is 0. The highest BCUT2D eigenvalue weighted by molar-refractivity contribution is 5.96. The average molecular weight is 772 g/mol. The number of likely N-dealkylation sites (tertiary alicyclic amines) is 1. The molecule has 0 radical (unpaired) electrons. The van der Waals surface area contributed by atoms with Gasteiger partial charge >= 0.3 is 11.9 Å². The molecule has 14 heteroatoms. The van der Waals surface area contributed by atoms with Crippen LogP contribution in [0.25, 0.3) is 0 Å². The molecule has 0 aliphatic carbocycles. The lowest BCUT2D eigenvalue weighted by Gasteiger charge is -2.29. The molecule has 0 spiro atoms. The van der Waals surface area contributed by atoms with Gasteiger partial charge in [0.05, 0.1) is 0 Å². The van der Waals surface area contributed by atoms with Gasteiger partial charge in [0, 0.05) is 25.8 Å². The maximum absolute atomic E-state index is 13.4. The van der Waals surface area contributed by atoms with Crippen LogP contribution in [0.2, 0.25) is 0 Å². The maximum atomic E-state index is 13.4. The number of hydrogen-bond acceptors (Lipinski definition) is 7. The molecule has 6 N–H and O–H groups in total.